The zero-order valence-corrected chi connectivity index (χ0v) is 14.1. The van der Waals surface area contributed by atoms with Gasteiger partial charge in [-0.15, -0.1) is 0 Å². The number of likely N-dealkylation sites (tertiary alicyclic amines) is 1. The summed E-state index contributed by atoms with van der Waals surface area (Å²) in [6, 6.07) is 0.425. The van der Waals surface area contributed by atoms with Crippen molar-refractivity contribution in [3.05, 3.63) is 0 Å². The van der Waals surface area contributed by atoms with Crippen LogP contribution in [0.2, 0.25) is 0 Å². The zero-order valence-electron chi connectivity index (χ0n) is 14.1. The van der Waals surface area contributed by atoms with Crippen LogP contribution in [0.15, 0.2) is 0 Å². The first-order valence-electron chi connectivity index (χ1n) is 8.90. The van der Waals surface area contributed by atoms with Crippen molar-refractivity contribution in [1.29, 1.82) is 0 Å². The summed E-state index contributed by atoms with van der Waals surface area (Å²) in [5, 5.41) is 10.5. The van der Waals surface area contributed by atoms with Gasteiger partial charge in [0.05, 0.1) is 6.10 Å². The third-order valence-electron chi connectivity index (χ3n) is 6.39. The van der Waals surface area contributed by atoms with Crippen molar-refractivity contribution in [2.24, 2.45) is 17.3 Å². The third kappa shape index (κ3) is 3.57. The number of aliphatic hydroxyl groups is 1. The van der Waals surface area contributed by atoms with E-state index in [2.05, 4.69) is 32.6 Å². The van der Waals surface area contributed by atoms with Crippen molar-refractivity contribution >= 4 is 0 Å². The molecule has 0 aromatic rings. The standard InChI is InChI=1S/C18H35NO/c1-5-14-8-7-11-19(13-14)16-12-15(9-10-17(16)20)18(3,4)6-2/h14-17,20H,5-13H2,1-4H3. The van der Waals surface area contributed by atoms with E-state index in [4.69, 9.17) is 0 Å². The Bertz CT molecular complexity index is 302. The molecule has 2 nitrogen and oxygen atoms in total. The predicted molar refractivity (Wildman–Crippen MR) is 85.8 cm³/mol. The lowest BCUT2D eigenvalue weighted by Crippen LogP contribution is -2.52. The van der Waals surface area contributed by atoms with Crippen LogP contribution in [0.3, 0.4) is 0 Å². The first kappa shape index (κ1) is 16.3. The minimum absolute atomic E-state index is 0.0884. The highest BCUT2D eigenvalue weighted by Crippen LogP contribution is 2.42. The maximum Gasteiger partial charge on any atom is 0.0695 e. The topological polar surface area (TPSA) is 23.5 Å². The Morgan fingerprint density at radius 3 is 2.55 bits per heavy atom. The van der Waals surface area contributed by atoms with Crippen LogP contribution < -0.4 is 0 Å². The Kier molecular flexibility index (Phi) is 5.53. The Morgan fingerprint density at radius 1 is 1.15 bits per heavy atom. The van der Waals surface area contributed by atoms with Crippen molar-refractivity contribution in [3.63, 3.8) is 0 Å². The minimum atomic E-state index is -0.0884. The molecule has 2 fully saturated rings. The van der Waals surface area contributed by atoms with Crippen LogP contribution in [0.1, 0.15) is 72.6 Å². The van der Waals surface area contributed by atoms with Gasteiger partial charge in [0.25, 0.3) is 0 Å². The summed E-state index contributed by atoms with van der Waals surface area (Å²) in [5.41, 5.74) is 0.429. The summed E-state index contributed by atoms with van der Waals surface area (Å²) in [6.07, 6.45) is 8.59. The van der Waals surface area contributed by atoms with Gasteiger partial charge in [0, 0.05) is 12.6 Å². The van der Waals surface area contributed by atoms with Crippen molar-refractivity contribution in [3.8, 4) is 0 Å². The van der Waals surface area contributed by atoms with E-state index in [0.717, 1.165) is 18.3 Å². The van der Waals surface area contributed by atoms with Gasteiger partial charge in [0.2, 0.25) is 0 Å². The minimum Gasteiger partial charge on any atom is -0.391 e. The molecule has 0 amide bonds. The molecule has 118 valence electrons. The lowest BCUT2D eigenvalue weighted by Gasteiger charge is -2.47. The highest BCUT2D eigenvalue weighted by molar-refractivity contribution is 4.93. The molecular weight excluding hydrogens is 246 g/mol. The van der Waals surface area contributed by atoms with Crippen molar-refractivity contribution in [1.82, 2.24) is 4.90 Å². The van der Waals surface area contributed by atoms with Crippen LogP contribution >= 0.6 is 0 Å². The molecular formula is C18H35NO. The maximum absolute atomic E-state index is 10.5. The van der Waals surface area contributed by atoms with Crippen molar-refractivity contribution in [2.45, 2.75) is 84.8 Å². The molecule has 0 bridgehead atoms. The second-order valence-corrected chi connectivity index (χ2v) is 7.90. The molecule has 1 aliphatic carbocycles. The van der Waals surface area contributed by atoms with Gasteiger partial charge >= 0.3 is 0 Å². The van der Waals surface area contributed by atoms with E-state index in [9.17, 15) is 5.11 Å². The molecule has 1 saturated carbocycles. The summed E-state index contributed by atoms with van der Waals surface area (Å²) < 4.78 is 0. The van der Waals surface area contributed by atoms with Gasteiger partial charge in [-0.25, -0.2) is 0 Å². The van der Waals surface area contributed by atoms with E-state index in [1.807, 2.05) is 0 Å². The molecule has 0 spiro atoms. The predicted octanol–water partition coefficient (Wildman–Crippen LogP) is 4.07. The van der Waals surface area contributed by atoms with E-state index >= 15 is 0 Å². The fourth-order valence-electron chi connectivity index (χ4n) is 4.25. The van der Waals surface area contributed by atoms with E-state index in [-0.39, 0.29) is 6.10 Å². The van der Waals surface area contributed by atoms with E-state index < -0.39 is 0 Å². The van der Waals surface area contributed by atoms with Gasteiger partial charge in [-0.05, 0) is 55.9 Å². The normalized spacial score (nSPS) is 37.0. The Balaban J connectivity index is 2.01. The molecule has 1 saturated heterocycles. The molecule has 1 aliphatic heterocycles. The molecule has 4 unspecified atom stereocenters. The average molecular weight is 281 g/mol. The molecule has 0 aromatic carbocycles. The second-order valence-electron chi connectivity index (χ2n) is 7.90. The lowest BCUT2D eigenvalue weighted by atomic mass is 9.67. The number of aliphatic hydroxyl groups excluding tert-OH is 1. The summed E-state index contributed by atoms with van der Waals surface area (Å²) >= 11 is 0. The quantitative estimate of drug-likeness (QED) is 0.839. The van der Waals surface area contributed by atoms with Crippen LogP contribution in [-0.4, -0.2) is 35.2 Å². The monoisotopic (exact) mass is 281 g/mol. The zero-order chi connectivity index (χ0) is 14.8. The lowest BCUT2D eigenvalue weighted by molar-refractivity contribution is -0.0345. The van der Waals surface area contributed by atoms with Gasteiger partial charge in [-0.2, -0.15) is 0 Å². The second kappa shape index (κ2) is 6.79. The first-order chi connectivity index (χ1) is 9.47. The molecule has 4 atom stereocenters. The fraction of sp³-hybridized carbons (Fsp3) is 1.00. The van der Waals surface area contributed by atoms with Gasteiger partial charge in [-0.1, -0.05) is 40.5 Å². The molecule has 0 radical (unpaired) electrons. The van der Waals surface area contributed by atoms with Crippen molar-refractivity contribution < 1.29 is 5.11 Å². The first-order valence-corrected chi connectivity index (χ1v) is 8.90. The maximum atomic E-state index is 10.5. The summed E-state index contributed by atoms with van der Waals surface area (Å²) in [7, 11) is 0. The third-order valence-corrected chi connectivity index (χ3v) is 6.39. The Morgan fingerprint density at radius 2 is 1.90 bits per heavy atom. The van der Waals surface area contributed by atoms with Crippen LogP contribution in [-0.2, 0) is 0 Å². The number of nitrogens with zero attached hydrogens (tertiary/aromatic N) is 1. The molecule has 2 aliphatic rings. The van der Waals surface area contributed by atoms with E-state index in [1.54, 1.807) is 0 Å². The number of hydrogen-bond acceptors (Lipinski definition) is 2. The van der Waals surface area contributed by atoms with Crippen LogP contribution in [0.25, 0.3) is 0 Å². The highest BCUT2D eigenvalue weighted by atomic mass is 16.3. The number of rotatable bonds is 4. The number of piperidine rings is 1. The molecule has 1 N–H and O–H groups in total. The van der Waals surface area contributed by atoms with Crippen LogP contribution in [0.4, 0.5) is 0 Å². The molecule has 2 rings (SSSR count). The summed E-state index contributed by atoms with van der Waals surface area (Å²) in [5.74, 6) is 1.64. The Labute approximate surface area is 125 Å². The molecule has 0 aromatic heterocycles. The fourth-order valence-corrected chi connectivity index (χ4v) is 4.25. The highest BCUT2D eigenvalue weighted by Gasteiger charge is 2.39. The molecule has 20 heavy (non-hydrogen) atoms. The molecule has 2 heteroatoms. The van der Waals surface area contributed by atoms with Gasteiger partial charge < -0.3 is 5.11 Å². The largest absolute Gasteiger partial charge is 0.391 e. The smallest absolute Gasteiger partial charge is 0.0695 e. The SMILES string of the molecule is CCC1CCCN(C2CC(C(C)(C)CC)CCC2O)C1. The van der Waals surface area contributed by atoms with Crippen LogP contribution in [0.5, 0.6) is 0 Å². The van der Waals surface area contributed by atoms with E-state index in [1.165, 1.54) is 51.6 Å². The van der Waals surface area contributed by atoms with Gasteiger partial charge in [0.1, 0.15) is 0 Å². The van der Waals surface area contributed by atoms with Crippen molar-refractivity contribution in [2.75, 3.05) is 13.1 Å². The summed E-state index contributed by atoms with van der Waals surface area (Å²) in [4.78, 5) is 2.63. The van der Waals surface area contributed by atoms with E-state index in [0.29, 0.717) is 11.5 Å². The van der Waals surface area contributed by atoms with Crippen LogP contribution in [0, 0.1) is 17.3 Å². The average Bonchev–Trinajstić information content (AvgIpc) is 2.47. The summed E-state index contributed by atoms with van der Waals surface area (Å²) in [6.45, 7) is 11.9. The van der Waals surface area contributed by atoms with Gasteiger partial charge in [-0.3, -0.25) is 4.90 Å². The Hall–Kier alpha value is -0.0800. The van der Waals surface area contributed by atoms with Gasteiger partial charge in [0.15, 0.2) is 0 Å². The molecule has 1 heterocycles. The number of hydrogen-bond donors (Lipinski definition) is 1.